The van der Waals surface area contributed by atoms with E-state index in [2.05, 4.69) is 4.74 Å². The molecule has 2 aliphatic carbocycles. The molecule has 8 heteroatoms. The van der Waals surface area contributed by atoms with Crippen LogP contribution in [-0.4, -0.2) is 35.3 Å². The third-order valence-corrected chi connectivity index (χ3v) is 4.53. The fraction of sp³-hybridized carbons (Fsp3) is 1.00. The Hall–Kier alpha value is -0.500. The van der Waals surface area contributed by atoms with Gasteiger partial charge in [0.05, 0.1) is 12.2 Å². The van der Waals surface area contributed by atoms with Crippen LogP contribution in [-0.2, 0) is 4.74 Å². The molecule has 3 fully saturated rings. The van der Waals surface area contributed by atoms with Crippen molar-refractivity contribution < 1.29 is 36.2 Å². The fourth-order valence-electron chi connectivity index (χ4n) is 3.89. The van der Waals surface area contributed by atoms with E-state index in [-0.39, 0.29) is 12.8 Å². The van der Waals surface area contributed by atoms with E-state index in [1.54, 1.807) is 0 Å². The van der Waals surface area contributed by atoms with Gasteiger partial charge in [0.25, 0.3) is 5.60 Å². The average molecular weight is 276 g/mol. The molecule has 2 nitrogen and oxygen atoms in total. The molecule has 2 saturated carbocycles. The van der Waals surface area contributed by atoms with E-state index in [1.807, 2.05) is 0 Å². The van der Waals surface area contributed by atoms with Crippen LogP contribution < -0.4 is 0 Å². The first kappa shape index (κ1) is 12.5. The molecule has 0 spiro atoms. The molecule has 1 heterocycles. The van der Waals surface area contributed by atoms with Gasteiger partial charge in [0.15, 0.2) is 0 Å². The molecule has 1 N–H and O–H groups in total. The second kappa shape index (κ2) is 3.15. The van der Waals surface area contributed by atoms with Crippen LogP contribution in [0.25, 0.3) is 0 Å². The van der Waals surface area contributed by atoms with Crippen LogP contribution in [0.2, 0.25) is 0 Å². The summed E-state index contributed by atoms with van der Waals surface area (Å²) in [5.41, 5.74) is -4.02. The highest BCUT2D eigenvalue weighted by Gasteiger charge is 2.86. The smallest absolute Gasteiger partial charge is 0.393 e. The molecule has 3 unspecified atom stereocenters. The van der Waals surface area contributed by atoms with Crippen LogP contribution in [0.15, 0.2) is 0 Å². The highest BCUT2D eigenvalue weighted by Crippen LogP contribution is 2.69. The van der Waals surface area contributed by atoms with E-state index in [9.17, 15) is 31.4 Å². The van der Waals surface area contributed by atoms with Crippen molar-refractivity contribution in [3.05, 3.63) is 0 Å². The van der Waals surface area contributed by atoms with Crippen molar-refractivity contribution in [2.45, 2.75) is 43.0 Å². The first-order chi connectivity index (χ1) is 8.09. The SMILES string of the molecule is OC1C[C@@H]2C[C@H]1C1OC(C(F)(F)F)(C(F)(F)F)C12. The summed E-state index contributed by atoms with van der Waals surface area (Å²) in [6.45, 7) is 0. The Kier molecular flexibility index (Phi) is 2.19. The van der Waals surface area contributed by atoms with Crippen molar-refractivity contribution >= 4 is 0 Å². The Labute approximate surface area is 97.9 Å². The normalized spacial score (nSPS) is 45.8. The van der Waals surface area contributed by atoms with Crippen molar-refractivity contribution in [1.82, 2.24) is 0 Å². The molecule has 0 aromatic heterocycles. The van der Waals surface area contributed by atoms with E-state index >= 15 is 0 Å². The summed E-state index contributed by atoms with van der Waals surface area (Å²) in [5.74, 6) is -2.93. The predicted octanol–water partition coefficient (Wildman–Crippen LogP) is 2.27. The molecule has 0 amide bonds. The van der Waals surface area contributed by atoms with Gasteiger partial charge in [0, 0.05) is 11.8 Å². The molecule has 0 radical (unpaired) electrons. The van der Waals surface area contributed by atoms with Crippen LogP contribution >= 0.6 is 0 Å². The topological polar surface area (TPSA) is 29.5 Å². The lowest BCUT2D eigenvalue weighted by Gasteiger charge is -2.57. The lowest BCUT2D eigenvalue weighted by atomic mass is 9.67. The summed E-state index contributed by atoms with van der Waals surface area (Å²) in [7, 11) is 0. The molecular weight excluding hydrogens is 266 g/mol. The lowest BCUT2D eigenvalue weighted by Crippen LogP contribution is -2.76. The van der Waals surface area contributed by atoms with Crippen molar-refractivity contribution in [2.24, 2.45) is 17.8 Å². The zero-order chi connectivity index (χ0) is 13.5. The molecule has 0 aromatic rings. The minimum Gasteiger partial charge on any atom is -0.393 e. The Morgan fingerprint density at radius 3 is 2.00 bits per heavy atom. The molecule has 18 heavy (non-hydrogen) atoms. The first-order valence-corrected chi connectivity index (χ1v) is 5.59. The summed E-state index contributed by atoms with van der Waals surface area (Å²) in [6.07, 6.45) is -12.7. The molecule has 3 aliphatic rings. The van der Waals surface area contributed by atoms with Gasteiger partial charge >= 0.3 is 12.4 Å². The third kappa shape index (κ3) is 1.18. The van der Waals surface area contributed by atoms with Crippen molar-refractivity contribution in [3.63, 3.8) is 0 Å². The van der Waals surface area contributed by atoms with Gasteiger partial charge in [0.1, 0.15) is 0 Å². The Balaban J connectivity index is 1.98. The zero-order valence-corrected chi connectivity index (χ0v) is 8.92. The molecule has 0 aromatic carbocycles. The minimum atomic E-state index is -5.47. The highest BCUT2D eigenvalue weighted by molar-refractivity contribution is 5.20. The highest BCUT2D eigenvalue weighted by atomic mass is 19.4. The molecule has 1 saturated heterocycles. The van der Waals surface area contributed by atoms with Crippen LogP contribution in [0.3, 0.4) is 0 Å². The van der Waals surface area contributed by atoms with E-state index in [4.69, 9.17) is 0 Å². The molecule has 3 rings (SSSR count). The van der Waals surface area contributed by atoms with Gasteiger partial charge in [-0.1, -0.05) is 0 Å². The summed E-state index contributed by atoms with van der Waals surface area (Å²) in [4.78, 5) is 0. The third-order valence-electron chi connectivity index (χ3n) is 4.53. The maximum atomic E-state index is 12.8. The largest absolute Gasteiger partial charge is 0.426 e. The van der Waals surface area contributed by atoms with Gasteiger partial charge in [-0.05, 0) is 18.8 Å². The van der Waals surface area contributed by atoms with E-state index in [0.717, 1.165) is 0 Å². The number of halogens is 6. The number of aliphatic hydroxyl groups is 1. The van der Waals surface area contributed by atoms with Crippen molar-refractivity contribution in [1.29, 1.82) is 0 Å². The van der Waals surface area contributed by atoms with Crippen molar-refractivity contribution in [2.75, 3.05) is 0 Å². The molecule has 1 aliphatic heterocycles. The lowest BCUT2D eigenvalue weighted by molar-refractivity contribution is -0.473. The Morgan fingerprint density at radius 1 is 1.00 bits per heavy atom. The summed E-state index contributed by atoms with van der Waals surface area (Å²) in [5, 5.41) is 9.47. The standard InChI is InChI=1S/C10H10F6O2/c11-9(12,13)8(10(14,15)16)6-3-1-4(5(17)2-3)7(6)18-8/h3-7,17H,1-2H2/t3-,4+,5?,6?,7?/m0/s1. The first-order valence-electron chi connectivity index (χ1n) is 5.59. The summed E-state index contributed by atoms with van der Waals surface area (Å²) >= 11 is 0. The van der Waals surface area contributed by atoms with Gasteiger partial charge < -0.3 is 9.84 Å². The van der Waals surface area contributed by atoms with Crippen LogP contribution in [0.5, 0.6) is 0 Å². The van der Waals surface area contributed by atoms with Crippen LogP contribution in [0, 0.1) is 17.8 Å². The van der Waals surface area contributed by atoms with Gasteiger partial charge in [-0.25, -0.2) is 0 Å². The van der Waals surface area contributed by atoms with Crippen molar-refractivity contribution in [3.8, 4) is 0 Å². The van der Waals surface area contributed by atoms with E-state index in [1.165, 1.54) is 0 Å². The van der Waals surface area contributed by atoms with Gasteiger partial charge in [-0.3, -0.25) is 0 Å². The second-order valence-corrected chi connectivity index (χ2v) is 5.30. The minimum absolute atomic E-state index is 0.00308. The quantitative estimate of drug-likeness (QED) is 0.688. The predicted molar refractivity (Wildman–Crippen MR) is 45.4 cm³/mol. The number of aliphatic hydroxyl groups excluding tert-OH is 1. The Morgan fingerprint density at radius 2 is 1.56 bits per heavy atom. The fourth-order valence-corrected chi connectivity index (χ4v) is 3.89. The molecular formula is C10H10F6O2. The number of fused-ring (bicyclic) bond motifs is 5. The molecule has 2 bridgehead atoms. The molecule has 5 atom stereocenters. The maximum absolute atomic E-state index is 12.8. The number of hydrogen-bond donors (Lipinski definition) is 1. The maximum Gasteiger partial charge on any atom is 0.426 e. The molecule has 104 valence electrons. The number of hydrogen-bond acceptors (Lipinski definition) is 2. The van der Waals surface area contributed by atoms with Gasteiger partial charge in [-0.2, -0.15) is 26.3 Å². The van der Waals surface area contributed by atoms with Crippen LogP contribution in [0.1, 0.15) is 12.8 Å². The van der Waals surface area contributed by atoms with E-state index in [0.29, 0.717) is 0 Å². The van der Waals surface area contributed by atoms with Gasteiger partial charge in [0.2, 0.25) is 0 Å². The second-order valence-electron chi connectivity index (χ2n) is 5.30. The monoisotopic (exact) mass is 276 g/mol. The average Bonchev–Trinajstić information content (AvgIpc) is 2.50. The zero-order valence-electron chi connectivity index (χ0n) is 8.92. The number of alkyl halides is 6. The number of ether oxygens (including phenoxy) is 1. The van der Waals surface area contributed by atoms with Crippen LogP contribution in [0.4, 0.5) is 26.3 Å². The summed E-state index contributed by atoms with van der Waals surface area (Å²) < 4.78 is 81.1. The summed E-state index contributed by atoms with van der Waals surface area (Å²) in [6, 6.07) is 0. The number of rotatable bonds is 0. The van der Waals surface area contributed by atoms with E-state index < -0.39 is 47.9 Å². The Bertz CT molecular complexity index is 360. The van der Waals surface area contributed by atoms with Gasteiger partial charge in [-0.15, -0.1) is 0 Å².